The van der Waals surface area contributed by atoms with Crippen molar-refractivity contribution in [2.75, 3.05) is 12.3 Å². The van der Waals surface area contributed by atoms with Crippen molar-refractivity contribution >= 4 is 16.0 Å². The maximum absolute atomic E-state index is 11.9. The summed E-state index contributed by atoms with van der Waals surface area (Å²) in [5, 5.41) is 8.88. The molecule has 0 aliphatic carbocycles. The summed E-state index contributed by atoms with van der Waals surface area (Å²) >= 11 is 0. The van der Waals surface area contributed by atoms with Gasteiger partial charge in [-0.1, -0.05) is 6.92 Å². The van der Waals surface area contributed by atoms with Gasteiger partial charge in [-0.25, -0.2) is 17.9 Å². The fraction of sp³-hybridized carbons (Fsp3) is 0.583. The molecule has 2 N–H and O–H groups in total. The third-order valence-corrected chi connectivity index (χ3v) is 4.50. The van der Waals surface area contributed by atoms with Gasteiger partial charge in [0.25, 0.3) is 0 Å². The fourth-order valence-electron chi connectivity index (χ4n) is 2.01. The molecule has 0 aromatic carbocycles. The average molecular weight is 317 g/mol. The Labute approximate surface area is 122 Å². The molecule has 0 aliphatic heterocycles. The second-order valence-corrected chi connectivity index (χ2v) is 6.51. The Morgan fingerprint density at radius 3 is 2.52 bits per heavy atom. The minimum atomic E-state index is -3.46. The molecular weight excluding hydrogens is 298 g/mol. The Bertz CT molecular complexity index is 694. The molecule has 9 heteroatoms. The zero-order valence-electron chi connectivity index (χ0n) is 12.2. The third kappa shape index (κ3) is 4.64. The van der Waals surface area contributed by atoms with Crippen LogP contribution in [-0.4, -0.2) is 41.3 Å². The second-order valence-electron chi connectivity index (χ2n) is 4.58. The number of rotatable bonds is 7. The van der Waals surface area contributed by atoms with Crippen LogP contribution in [0, 0.1) is 13.8 Å². The highest BCUT2D eigenvalue weighted by Crippen LogP contribution is 2.10. The number of nitrogens with one attached hydrogen (secondary N) is 1. The van der Waals surface area contributed by atoms with Crippen LogP contribution in [0.3, 0.4) is 0 Å². The zero-order chi connectivity index (χ0) is 16.2. The Kier molecular flexibility index (Phi) is 5.62. The van der Waals surface area contributed by atoms with Gasteiger partial charge in [0, 0.05) is 30.0 Å². The summed E-state index contributed by atoms with van der Waals surface area (Å²) in [5.74, 6) is -1.30. The Balaban J connectivity index is 3.13. The van der Waals surface area contributed by atoms with Crippen molar-refractivity contribution in [3.63, 3.8) is 0 Å². The average Bonchev–Trinajstić information content (AvgIpc) is 2.33. The van der Waals surface area contributed by atoms with E-state index < -0.39 is 21.7 Å². The van der Waals surface area contributed by atoms with E-state index in [1.54, 1.807) is 20.8 Å². The van der Waals surface area contributed by atoms with Gasteiger partial charge in [-0.3, -0.25) is 9.36 Å². The van der Waals surface area contributed by atoms with Crippen molar-refractivity contribution in [1.29, 1.82) is 0 Å². The zero-order valence-corrected chi connectivity index (χ0v) is 13.0. The molecule has 1 aromatic rings. The molecule has 118 valence electrons. The van der Waals surface area contributed by atoms with E-state index >= 15 is 0 Å². The van der Waals surface area contributed by atoms with Gasteiger partial charge < -0.3 is 5.11 Å². The van der Waals surface area contributed by atoms with Crippen LogP contribution in [0.15, 0.2) is 4.79 Å². The van der Waals surface area contributed by atoms with E-state index in [0.29, 0.717) is 17.0 Å². The van der Waals surface area contributed by atoms with Crippen molar-refractivity contribution in [2.45, 2.75) is 33.7 Å². The molecule has 0 aliphatic rings. The van der Waals surface area contributed by atoms with Gasteiger partial charge >= 0.3 is 11.7 Å². The Hall–Kier alpha value is -1.74. The van der Waals surface area contributed by atoms with E-state index in [-0.39, 0.29) is 25.3 Å². The molecule has 0 bridgehead atoms. The van der Waals surface area contributed by atoms with Crippen LogP contribution in [0.2, 0.25) is 0 Å². The maximum atomic E-state index is 11.9. The fourth-order valence-corrected chi connectivity index (χ4v) is 3.02. The molecule has 0 amide bonds. The van der Waals surface area contributed by atoms with Crippen LogP contribution in [0.25, 0.3) is 0 Å². The lowest BCUT2D eigenvalue weighted by molar-refractivity contribution is -0.136. The molecule has 0 spiro atoms. The van der Waals surface area contributed by atoms with Crippen molar-refractivity contribution in [1.82, 2.24) is 14.3 Å². The maximum Gasteiger partial charge on any atom is 0.348 e. The number of sulfonamides is 1. The number of nitrogens with zero attached hydrogens (tertiary/aromatic N) is 2. The topological polar surface area (TPSA) is 118 Å². The molecule has 0 saturated heterocycles. The largest absolute Gasteiger partial charge is 0.481 e. The summed E-state index contributed by atoms with van der Waals surface area (Å²) in [6, 6.07) is 0. The molecule has 0 atom stereocenters. The molecule has 0 saturated carbocycles. The monoisotopic (exact) mass is 317 g/mol. The molecule has 0 fully saturated rings. The van der Waals surface area contributed by atoms with Gasteiger partial charge in [0.1, 0.15) is 0 Å². The Morgan fingerprint density at radius 1 is 1.38 bits per heavy atom. The lowest BCUT2D eigenvalue weighted by Crippen LogP contribution is -2.34. The van der Waals surface area contributed by atoms with Crippen LogP contribution in [0.5, 0.6) is 0 Å². The minimum absolute atomic E-state index is 0.0695. The van der Waals surface area contributed by atoms with Gasteiger partial charge in [-0.15, -0.1) is 0 Å². The summed E-state index contributed by atoms with van der Waals surface area (Å²) in [6.45, 7) is 5.01. The predicted molar refractivity (Wildman–Crippen MR) is 76.8 cm³/mol. The molecule has 1 aromatic heterocycles. The number of aromatic nitrogens is 2. The predicted octanol–water partition coefficient (Wildman–Crippen LogP) is -0.573. The summed E-state index contributed by atoms with van der Waals surface area (Å²) in [4.78, 5) is 26.5. The summed E-state index contributed by atoms with van der Waals surface area (Å²) < 4.78 is 26.8. The van der Waals surface area contributed by atoms with E-state index in [1.807, 2.05) is 0 Å². The molecule has 0 radical (unpaired) electrons. The van der Waals surface area contributed by atoms with Crippen molar-refractivity contribution < 1.29 is 18.3 Å². The highest BCUT2D eigenvalue weighted by molar-refractivity contribution is 7.89. The quantitative estimate of drug-likeness (QED) is 0.695. The molecule has 1 heterocycles. The summed E-state index contributed by atoms with van der Waals surface area (Å²) in [6.07, 6.45) is -0.259. The first-order valence-electron chi connectivity index (χ1n) is 6.44. The number of hydrogen-bond donors (Lipinski definition) is 2. The summed E-state index contributed by atoms with van der Waals surface area (Å²) in [7, 11) is -3.46. The lowest BCUT2D eigenvalue weighted by Gasteiger charge is -2.14. The van der Waals surface area contributed by atoms with E-state index in [9.17, 15) is 18.0 Å². The first-order valence-corrected chi connectivity index (χ1v) is 8.09. The number of aryl methyl sites for hydroxylation is 1. The van der Waals surface area contributed by atoms with Crippen LogP contribution < -0.4 is 10.4 Å². The van der Waals surface area contributed by atoms with E-state index in [1.165, 1.54) is 4.57 Å². The molecule has 21 heavy (non-hydrogen) atoms. The van der Waals surface area contributed by atoms with Gasteiger partial charge in [0.05, 0.1) is 12.2 Å². The highest BCUT2D eigenvalue weighted by Gasteiger charge is 2.16. The van der Waals surface area contributed by atoms with Gasteiger partial charge in [0.15, 0.2) is 0 Å². The third-order valence-electron chi connectivity index (χ3n) is 3.05. The van der Waals surface area contributed by atoms with E-state index in [0.717, 1.165) is 0 Å². The highest BCUT2D eigenvalue weighted by atomic mass is 32.2. The first-order chi connectivity index (χ1) is 9.68. The van der Waals surface area contributed by atoms with E-state index in [4.69, 9.17) is 5.11 Å². The van der Waals surface area contributed by atoms with Crippen molar-refractivity contribution in [3.8, 4) is 0 Å². The second kappa shape index (κ2) is 6.81. The lowest BCUT2D eigenvalue weighted by atomic mass is 10.1. The van der Waals surface area contributed by atoms with Crippen molar-refractivity contribution in [3.05, 3.63) is 27.4 Å². The van der Waals surface area contributed by atoms with E-state index in [2.05, 4.69) is 9.71 Å². The number of carbonyl (C=O) groups is 1. The Morgan fingerprint density at radius 2 is 2.00 bits per heavy atom. The normalized spacial score (nSPS) is 11.6. The number of carboxylic acid groups (broad SMARTS) is 1. The first kappa shape index (κ1) is 17.3. The van der Waals surface area contributed by atoms with Gasteiger partial charge in [-0.05, 0) is 13.8 Å². The van der Waals surface area contributed by atoms with Crippen LogP contribution in [0.4, 0.5) is 0 Å². The standard InChI is InChI=1S/C12H19N3O5S/c1-4-13-21(19,20)6-5-15-9(3)10(7-11(16)17)8(2)14-12(15)18/h13H,4-7H2,1-3H3,(H,16,17). The van der Waals surface area contributed by atoms with Crippen LogP contribution in [0.1, 0.15) is 23.9 Å². The summed E-state index contributed by atoms with van der Waals surface area (Å²) in [5.41, 5.74) is 0.640. The van der Waals surface area contributed by atoms with Crippen LogP contribution >= 0.6 is 0 Å². The van der Waals surface area contributed by atoms with Crippen LogP contribution in [-0.2, 0) is 27.8 Å². The number of aliphatic carboxylic acids is 1. The molecular formula is C12H19N3O5S. The van der Waals surface area contributed by atoms with Gasteiger partial charge in [0.2, 0.25) is 10.0 Å². The van der Waals surface area contributed by atoms with Crippen molar-refractivity contribution in [2.24, 2.45) is 0 Å². The molecule has 1 rings (SSSR count). The minimum Gasteiger partial charge on any atom is -0.481 e. The smallest absolute Gasteiger partial charge is 0.348 e. The molecule has 8 nitrogen and oxygen atoms in total. The molecule has 0 unspecified atom stereocenters. The number of hydrogen-bond acceptors (Lipinski definition) is 5. The number of carboxylic acids is 1. The SMILES string of the molecule is CCNS(=O)(=O)CCn1c(C)c(CC(=O)O)c(C)nc1=O. The van der Waals surface area contributed by atoms with Gasteiger partial charge in [-0.2, -0.15) is 4.98 Å².